The van der Waals surface area contributed by atoms with Gasteiger partial charge in [-0.3, -0.25) is 9.59 Å². The first-order valence-corrected chi connectivity index (χ1v) is 13.7. The van der Waals surface area contributed by atoms with Gasteiger partial charge in [-0.15, -0.1) is 23.5 Å². The summed E-state index contributed by atoms with van der Waals surface area (Å²) in [6, 6.07) is 0. The quantitative estimate of drug-likeness (QED) is 0.343. The van der Waals surface area contributed by atoms with Crippen LogP contribution in [0.15, 0.2) is 23.5 Å². The van der Waals surface area contributed by atoms with Crippen molar-refractivity contribution in [1.82, 2.24) is 0 Å². The fraction of sp³-hybridized carbons (Fsp3) is 0.760. The number of hydrogen-bond acceptors (Lipinski definition) is 5. The molecule has 0 aromatic rings. The van der Waals surface area contributed by atoms with E-state index in [0.29, 0.717) is 18.8 Å². The molecule has 0 amide bonds. The summed E-state index contributed by atoms with van der Waals surface area (Å²) in [5.41, 5.74) is -1.67. The highest BCUT2D eigenvalue weighted by atomic mass is 32.2. The van der Waals surface area contributed by atoms with Crippen LogP contribution >= 0.6 is 23.5 Å². The van der Waals surface area contributed by atoms with Gasteiger partial charge in [0.15, 0.2) is 5.78 Å². The SMILES string of the molecule is CCSC1(SCC)CC[C@H]2[C@@H]3CCC4=CC(=O)C=C(OC(C)=O)[C@]4(C)[C@@]3(F)CC[C@@]21C. The molecule has 6 heteroatoms. The van der Waals surface area contributed by atoms with E-state index in [1.165, 1.54) is 13.0 Å². The fourth-order valence-corrected chi connectivity index (χ4v) is 11.1. The highest BCUT2D eigenvalue weighted by Gasteiger charge is 2.71. The van der Waals surface area contributed by atoms with Crippen molar-refractivity contribution in [3.63, 3.8) is 0 Å². The molecule has 0 saturated heterocycles. The first-order chi connectivity index (χ1) is 14.6. The van der Waals surface area contributed by atoms with Crippen molar-refractivity contribution in [3.8, 4) is 0 Å². The number of rotatable bonds is 5. The van der Waals surface area contributed by atoms with Gasteiger partial charge in [-0.05, 0) is 85.9 Å². The molecule has 0 spiro atoms. The zero-order valence-electron chi connectivity index (χ0n) is 19.4. The number of allylic oxidation sites excluding steroid dienone is 3. The molecule has 3 saturated carbocycles. The van der Waals surface area contributed by atoms with Crippen molar-refractivity contribution in [3.05, 3.63) is 23.5 Å². The van der Waals surface area contributed by atoms with E-state index < -0.39 is 17.1 Å². The molecule has 5 atom stereocenters. The van der Waals surface area contributed by atoms with Crippen LogP contribution in [0.3, 0.4) is 0 Å². The van der Waals surface area contributed by atoms with Gasteiger partial charge in [0.2, 0.25) is 0 Å². The number of alkyl halides is 1. The van der Waals surface area contributed by atoms with Crippen LogP contribution in [-0.4, -0.2) is 33.0 Å². The molecular formula is C25H35FO3S2. The Morgan fingerprint density at radius 1 is 1.10 bits per heavy atom. The second-order valence-electron chi connectivity index (χ2n) is 9.99. The molecule has 0 aromatic carbocycles. The van der Waals surface area contributed by atoms with Gasteiger partial charge in [0.25, 0.3) is 0 Å². The third kappa shape index (κ3) is 3.13. The van der Waals surface area contributed by atoms with Gasteiger partial charge < -0.3 is 4.74 Å². The number of carbonyl (C=O) groups excluding carboxylic acids is 2. The largest absolute Gasteiger partial charge is 0.430 e. The highest BCUT2D eigenvalue weighted by Crippen LogP contribution is 2.74. The van der Waals surface area contributed by atoms with E-state index in [1.54, 1.807) is 6.08 Å². The van der Waals surface area contributed by atoms with Crippen molar-refractivity contribution in [1.29, 1.82) is 0 Å². The molecule has 3 nitrogen and oxygen atoms in total. The minimum Gasteiger partial charge on any atom is -0.430 e. The van der Waals surface area contributed by atoms with E-state index in [0.717, 1.165) is 42.8 Å². The van der Waals surface area contributed by atoms with Gasteiger partial charge in [0.05, 0.1) is 9.49 Å². The molecule has 4 aliphatic rings. The highest BCUT2D eigenvalue weighted by molar-refractivity contribution is 8.18. The Morgan fingerprint density at radius 2 is 1.77 bits per heavy atom. The molecule has 4 aliphatic carbocycles. The summed E-state index contributed by atoms with van der Waals surface area (Å²) in [5.74, 6) is 1.89. The number of thioether (sulfide) groups is 2. The number of fused-ring (bicyclic) bond motifs is 5. The normalized spacial score (nSPS) is 40.9. The average Bonchev–Trinajstić information content (AvgIpc) is 2.97. The Morgan fingerprint density at radius 3 is 2.39 bits per heavy atom. The number of halogens is 1. The first kappa shape index (κ1) is 23.4. The third-order valence-electron chi connectivity index (χ3n) is 8.84. The summed E-state index contributed by atoms with van der Waals surface area (Å²) in [6.07, 6.45) is 7.85. The predicted octanol–water partition coefficient (Wildman–Crippen LogP) is 6.48. The molecular weight excluding hydrogens is 431 g/mol. The average molecular weight is 467 g/mol. The van der Waals surface area contributed by atoms with Crippen LogP contribution in [0.5, 0.6) is 0 Å². The Hall–Kier alpha value is -0.750. The van der Waals surface area contributed by atoms with E-state index >= 15 is 4.39 Å². The monoisotopic (exact) mass is 466 g/mol. The summed E-state index contributed by atoms with van der Waals surface area (Å²) in [6.45, 7) is 10.1. The summed E-state index contributed by atoms with van der Waals surface area (Å²) >= 11 is 4.14. The Labute approximate surface area is 194 Å². The third-order valence-corrected chi connectivity index (χ3v) is 12.4. The second-order valence-corrected chi connectivity index (χ2v) is 13.4. The smallest absolute Gasteiger partial charge is 0.307 e. The van der Waals surface area contributed by atoms with Gasteiger partial charge in [-0.25, -0.2) is 4.39 Å². The Kier molecular flexibility index (Phi) is 5.99. The maximum atomic E-state index is 17.4. The van der Waals surface area contributed by atoms with Crippen molar-refractivity contribution in [2.45, 2.75) is 82.9 Å². The lowest BCUT2D eigenvalue weighted by molar-refractivity contribution is -0.152. The summed E-state index contributed by atoms with van der Waals surface area (Å²) in [5, 5.41) is 0. The van der Waals surface area contributed by atoms with Crippen LogP contribution < -0.4 is 0 Å². The number of hydrogen-bond donors (Lipinski definition) is 0. The fourth-order valence-electron chi connectivity index (χ4n) is 7.41. The minimum absolute atomic E-state index is 0.0853. The predicted molar refractivity (Wildman–Crippen MR) is 127 cm³/mol. The molecule has 31 heavy (non-hydrogen) atoms. The Bertz CT molecular complexity index is 846. The first-order valence-electron chi connectivity index (χ1n) is 11.7. The number of ether oxygens (including phenoxy) is 1. The van der Waals surface area contributed by atoms with Gasteiger partial charge in [-0.1, -0.05) is 20.8 Å². The van der Waals surface area contributed by atoms with E-state index in [-0.39, 0.29) is 27.0 Å². The van der Waals surface area contributed by atoms with Crippen molar-refractivity contribution in [2.75, 3.05) is 11.5 Å². The topological polar surface area (TPSA) is 43.4 Å². The molecule has 0 heterocycles. The van der Waals surface area contributed by atoms with Crippen LogP contribution in [0.4, 0.5) is 4.39 Å². The van der Waals surface area contributed by atoms with Gasteiger partial charge >= 0.3 is 5.97 Å². The second kappa shape index (κ2) is 7.93. The number of carbonyl (C=O) groups is 2. The van der Waals surface area contributed by atoms with E-state index in [9.17, 15) is 9.59 Å². The lowest BCUT2D eigenvalue weighted by Gasteiger charge is -2.62. The van der Waals surface area contributed by atoms with E-state index in [2.05, 4.69) is 44.3 Å². The lowest BCUT2D eigenvalue weighted by atomic mass is 9.46. The van der Waals surface area contributed by atoms with Crippen LogP contribution in [0.1, 0.15) is 73.1 Å². The number of ketones is 1. The number of esters is 1. The van der Waals surface area contributed by atoms with Crippen LogP contribution in [0, 0.1) is 22.7 Å². The van der Waals surface area contributed by atoms with Crippen molar-refractivity contribution in [2.24, 2.45) is 22.7 Å². The van der Waals surface area contributed by atoms with Crippen molar-refractivity contribution >= 4 is 35.3 Å². The molecule has 0 radical (unpaired) electrons. The zero-order valence-corrected chi connectivity index (χ0v) is 21.0. The van der Waals surface area contributed by atoms with Crippen molar-refractivity contribution < 1.29 is 18.7 Å². The summed E-state index contributed by atoms with van der Waals surface area (Å²) in [7, 11) is 0. The minimum atomic E-state index is -1.51. The lowest BCUT2D eigenvalue weighted by Crippen LogP contribution is -2.62. The van der Waals surface area contributed by atoms with Gasteiger partial charge in [0, 0.05) is 13.0 Å². The van der Waals surface area contributed by atoms with E-state index in [1.807, 2.05) is 6.92 Å². The Balaban J connectivity index is 1.77. The van der Waals surface area contributed by atoms with Gasteiger partial charge in [0.1, 0.15) is 11.4 Å². The van der Waals surface area contributed by atoms with Crippen LogP contribution in [0.2, 0.25) is 0 Å². The molecule has 4 rings (SSSR count). The molecule has 0 bridgehead atoms. The maximum absolute atomic E-state index is 17.4. The van der Waals surface area contributed by atoms with Crippen LogP contribution in [0.25, 0.3) is 0 Å². The molecule has 3 fully saturated rings. The summed E-state index contributed by atoms with van der Waals surface area (Å²) < 4.78 is 23.1. The summed E-state index contributed by atoms with van der Waals surface area (Å²) in [4.78, 5) is 24.1. The molecule has 0 aromatic heterocycles. The standard InChI is InChI=1S/C25H35FO3S2/c1-6-30-25(31-7-2)11-10-19-20-9-8-17-14-18(28)15-21(29-16(3)27)23(17,5)24(20,26)13-12-22(19,25)4/h14-15,19-20H,6-13H2,1-5H3/t19-,20-,22-,23+,24+/m0/s1. The zero-order chi connectivity index (χ0) is 22.7. The van der Waals surface area contributed by atoms with Crippen LogP contribution in [-0.2, 0) is 14.3 Å². The maximum Gasteiger partial charge on any atom is 0.307 e. The molecule has 0 unspecified atom stereocenters. The van der Waals surface area contributed by atoms with E-state index in [4.69, 9.17) is 4.74 Å². The van der Waals surface area contributed by atoms with Gasteiger partial charge in [-0.2, -0.15) is 0 Å². The molecule has 0 aliphatic heterocycles. The molecule has 0 N–H and O–H groups in total. The molecule has 172 valence electrons.